The largest absolute Gasteiger partial charge is 0.323 e. The Labute approximate surface area is 135 Å². The van der Waals surface area contributed by atoms with E-state index in [9.17, 15) is 4.79 Å². The number of benzene rings is 2. The van der Waals surface area contributed by atoms with Crippen LogP contribution in [0.4, 0.5) is 0 Å². The van der Waals surface area contributed by atoms with Crippen LogP contribution in [0.1, 0.15) is 11.1 Å². The molecule has 0 saturated carbocycles. The Kier molecular flexibility index (Phi) is 4.64. The number of nitrogens with zero attached hydrogens (tertiary/aromatic N) is 2. The number of aromatic nitrogens is 1. The molecule has 0 aliphatic carbocycles. The molecule has 2 aromatic carbocycles. The summed E-state index contributed by atoms with van der Waals surface area (Å²) in [7, 11) is 0. The average Bonchev–Trinajstić information content (AvgIpc) is 3.05. The molecule has 0 aliphatic rings. The SMILES string of the molecule is O=C(Cc1ccccc1)N/N=C\c1ccn(-c2ccccc2)c1. The fraction of sp³-hybridized carbons (Fsp3) is 0.0526. The molecule has 114 valence electrons. The first-order valence-electron chi connectivity index (χ1n) is 7.40. The minimum absolute atomic E-state index is 0.130. The number of hydrogen-bond donors (Lipinski definition) is 1. The zero-order chi connectivity index (χ0) is 15.9. The maximum absolute atomic E-state index is 11.8. The van der Waals surface area contributed by atoms with Gasteiger partial charge < -0.3 is 4.57 Å². The minimum Gasteiger partial charge on any atom is -0.323 e. The Morgan fingerprint density at radius 1 is 1.00 bits per heavy atom. The van der Waals surface area contributed by atoms with Gasteiger partial charge in [0, 0.05) is 23.6 Å². The van der Waals surface area contributed by atoms with E-state index in [0.717, 1.165) is 16.8 Å². The van der Waals surface area contributed by atoms with Crippen molar-refractivity contribution < 1.29 is 4.79 Å². The second-order valence-corrected chi connectivity index (χ2v) is 5.14. The highest BCUT2D eigenvalue weighted by Crippen LogP contribution is 2.09. The van der Waals surface area contributed by atoms with Crippen LogP contribution < -0.4 is 5.43 Å². The molecule has 1 amide bonds. The lowest BCUT2D eigenvalue weighted by Gasteiger charge is -2.00. The van der Waals surface area contributed by atoms with Crippen molar-refractivity contribution in [2.24, 2.45) is 5.10 Å². The fourth-order valence-electron chi connectivity index (χ4n) is 2.25. The Bertz CT molecular complexity index is 792. The summed E-state index contributed by atoms with van der Waals surface area (Å²) in [6.07, 6.45) is 5.89. The Hall–Kier alpha value is -3.14. The van der Waals surface area contributed by atoms with Gasteiger partial charge in [0.05, 0.1) is 12.6 Å². The van der Waals surface area contributed by atoms with Crippen LogP contribution in [0.25, 0.3) is 5.69 Å². The van der Waals surface area contributed by atoms with E-state index in [1.54, 1.807) is 6.21 Å². The molecule has 1 aromatic heterocycles. The van der Waals surface area contributed by atoms with Gasteiger partial charge in [0.15, 0.2) is 0 Å². The third-order valence-corrected chi connectivity index (χ3v) is 3.38. The summed E-state index contributed by atoms with van der Waals surface area (Å²) < 4.78 is 2.01. The molecule has 0 spiro atoms. The van der Waals surface area contributed by atoms with Crippen molar-refractivity contribution in [1.82, 2.24) is 9.99 Å². The van der Waals surface area contributed by atoms with E-state index in [1.807, 2.05) is 83.7 Å². The predicted octanol–water partition coefficient (Wildman–Crippen LogP) is 3.17. The first kappa shape index (κ1) is 14.8. The van der Waals surface area contributed by atoms with Gasteiger partial charge >= 0.3 is 0 Å². The van der Waals surface area contributed by atoms with Gasteiger partial charge in [0.1, 0.15) is 0 Å². The van der Waals surface area contributed by atoms with Crippen LogP contribution in [0.5, 0.6) is 0 Å². The fourth-order valence-corrected chi connectivity index (χ4v) is 2.25. The van der Waals surface area contributed by atoms with Gasteiger partial charge in [-0.05, 0) is 23.8 Å². The number of carbonyl (C=O) groups excluding carboxylic acids is 1. The highest BCUT2D eigenvalue weighted by atomic mass is 16.2. The van der Waals surface area contributed by atoms with Crippen LogP contribution in [0.15, 0.2) is 84.2 Å². The summed E-state index contributed by atoms with van der Waals surface area (Å²) in [6.45, 7) is 0. The molecule has 0 fully saturated rings. The maximum atomic E-state index is 11.8. The van der Waals surface area contributed by atoms with Crippen molar-refractivity contribution in [3.63, 3.8) is 0 Å². The van der Waals surface area contributed by atoms with Crippen LogP contribution in [0.2, 0.25) is 0 Å². The van der Waals surface area contributed by atoms with Crippen molar-refractivity contribution in [2.75, 3.05) is 0 Å². The predicted molar refractivity (Wildman–Crippen MR) is 91.7 cm³/mol. The third kappa shape index (κ3) is 4.17. The molecule has 0 atom stereocenters. The monoisotopic (exact) mass is 303 g/mol. The summed E-state index contributed by atoms with van der Waals surface area (Å²) in [6, 6.07) is 21.6. The number of carbonyl (C=O) groups is 1. The molecular weight excluding hydrogens is 286 g/mol. The lowest BCUT2D eigenvalue weighted by atomic mass is 10.1. The quantitative estimate of drug-likeness (QED) is 0.571. The molecule has 0 radical (unpaired) electrons. The standard InChI is InChI=1S/C19H17N3O/c23-19(13-16-7-3-1-4-8-16)21-20-14-17-11-12-22(15-17)18-9-5-2-6-10-18/h1-12,14-15H,13H2,(H,21,23)/b20-14-. The lowest BCUT2D eigenvalue weighted by Crippen LogP contribution is -2.19. The number of nitrogens with one attached hydrogen (secondary N) is 1. The molecule has 0 saturated heterocycles. The molecule has 3 aromatic rings. The summed E-state index contributed by atoms with van der Waals surface area (Å²) in [5.74, 6) is -0.130. The Balaban J connectivity index is 1.56. The number of amides is 1. The van der Waals surface area contributed by atoms with E-state index < -0.39 is 0 Å². The molecule has 0 bridgehead atoms. The molecule has 4 heteroatoms. The van der Waals surface area contributed by atoms with Crippen LogP contribution in [0, 0.1) is 0 Å². The first-order chi connectivity index (χ1) is 11.3. The van der Waals surface area contributed by atoms with Gasteiger partial charge in [-0.1, -0.05) is 48.5 Å². The van der Waals surface area contributed by atoms with Crippen molar-refractivity contribution in [3.05, 3.63) is 90.3 Å². The highest BCUT2D eigenvalue weighted by Gasteiger charge is 2.01. The number of hydrazone groups is 1. The van der Waals surface area contributed by atoms with Gasteiger partial charge in [-0.2, -0.15) is 5.10 Å². The molecule has 1 N–H and O–H groups in total. The molecule has 4 nitrogen and oxygen atoms in total. The maximum Gasteiger partial charge on any atom is 0.244 e. The van der Waals surface area contributed by atoms with Gasteiger partial charge in [0.25, 0.3) is 0 Å². The first-order valence-corrected chi connectivity index (χ1v) is 7.40. The van der Waals surface area contributed by atoms with E-state index in [0.29, 0.717) is 6.42 Å². The average molecular weight is 303 g/mol. The van der Waals surface area contributed by atoms with Gasteiger partial charge in [0.2, 0.25) is 5.91 Å². The number of rotatable bonds is 5. The molecule has 0 unspecified atom stereocenters. The zero-order valence-corrected chi connectivity index (χ0v) is 12.6. The molecule has 23 heavy (non-hydrogen) atoms. The van der Waals surface area contributed by atoms with E-state index in [4.69, 9.17) is 0 Å². The topological polar surface area (TPSA) is 46.4 Å². The number of para-hydroxylation sites is 1. The van der Waals surface area contributed by atoms with Crippen LogP contribution >= 0.6 is 0 Å². The summed E-state index contributed by atoms with van der Waals surface area (Å²) in [5, 5.41) is 4.01. The Morgan fingerprint density at radius 2 is 1.70 bits per heavy atom. The van der Waals surface area contributed by atoms with E-state index in [1.165, 1.54) is 0 Å². The van der Waals surface area contributed by atoms with Crippen LogP contribution in [-0.4, -0.2) is 16.7 Å². The van der Waals surface area contributed by atoms with Crippen molar-refractivity contribution in [3.8, 4) is 5.69 Å². The highest BCUT2D eigenvalue weighted by molar-refractivity contribution is 5.83. The Morgan fingerprint density at radius 3 is 2.43 bits per heavy atom. The number of hydrogen-bond acceptors (Lipinski definition) is 2. The summed E-state index contributed by atoms with van der Waals surface area (Å²) >= 11 is 0. The normalized spacial score (nSPS) is 10.8. The van der Waals surface area contributed by atoms with Crippen molar-refractivity contribution >= 4 is 12.1 Å². The van der Waals surface area contributed by atoms with E-state index >= 15 is 0 Å². The van der Waals surface area contributed by atoms with Crippen LogP contribution in [-0.2, 0) is 11.2 Å². The summed E-state index contributed by atoms with van der Waals surface area (Å²) in [5.41, 5.74) is 5.53. The van der Waals surface area contributed by atoms with Crippen molar-refractivity contribution in [2.45, 2.75) is 6.42 Å². The molecular formula is C19H17N3O. The van der Waals surface area contributed by atoms with Gasteiger partial charge in [-0.3, -0.25) is 4.79 Å². The van der Waals surface area contributed by atoms with E-state index in [2.05, 4.69) is 10.5 Å². The summed E-state index contributed by atoms with van der Waals surface area (Å²) in [4.78, 5) is 11.8. The van der Waals surface area contributed by atoms with Crippen LogP contribution in [0.3, 0.4) is 0 Å². The van der Waals surface area contributed by atoms with Crippen molar-refractivity contribution in [1.29, 1.82) is 0 Å². The van der Waals surface area contributed by atoms with E-state index in [-0.39, 0.29) is 5.91 Å². The zero-order valence-electron chi connectivity index (χ0n) is 12.6. The third-order valence-electron chi connectivity index (χ3n) is 3.38. The molecule has 3 rings (SSSR count). The second kappa shape index (κ2) is 7.22. The molecule has 1 heterocycles. The minimum atomic E-state index is -0.130. The van der Waals surface area contributed by atoms with Gasteiger partial charge in [-0.15, -0.1) is 0 Å². The lowest BCUT2D eigenvalue weighted by molar-refractivity contribution is -0.120. The second-order valence-electron chi connectivity index (χ2n) is 5.14. The molecule has 0 aliphatic heterocycles. The smallest absolute Gasteiger partial charge is 0.244 e. The van der Waals surface area contributed by atoms with Gasteiger partial charge in [-0.25, -0.2) is 5.43 Å².